The highest BCUT2D eigenvalue weighted by molar-refractivity contribution is 6.06. The van der Waals surface area contributed by atoms with Crippen LogP contribution in [0.3, 0.4) is 0 Å². The number of nitrogens with two attached hydrogens (primary N) is 1. The van der Waals surface area contributed by atoms with Gasteiger partial charge in [0.1, 0.15) is 0 Å². The van der Waals surface area contributed by atoms with E-state index in [1.54, 1.807) is 13.1 Å². The van der Waals surface area contributed by atoms with Gasteiger partial charge in [0.2, 0.25) is 11.8 Å². The number of aromatic nitrogens is 1. The van der Waals surface area contributed by atoms with E-state index >= 15 is 0 Å². The van der Waals surface area contributed by atoms with Crippen molar-refractivity contribution in [1.82, 2.24) is 15.2 Å². The van der Waals surface area contributed by atoms with Gasteiger partial charge in [0, 0.05) is 40.8 Å². The van der Waals surface area contributed by atoms with E-state index in [0.29, 0.717) is 17.7 Å². The number of benzene rings is 2. The summed E-state index contributed by atoms with van der Waals surface area (Å²) in [6.45, 7) is 8.18. The summed E-state index contributed by atoms with van der Waals surface area (Å²) in [6.07, 6.45) is 4.74. The molecule has 5 rings (SSSR count). The number of hydrogen-bond acceptors (Lipinski definition) is 5. The molecule has 5 N–H and O–H groups in total. The van der Waals surface area contributed by atoms with Crippen molar-refractivity contribution in [2.75, 3.05) is 12.4 Å². The van der Waals surface area contributed by atoms with Gasteiger partial charge >= 0.3 is 0 Å². The maximum Gasteiger partial charge on any atom is 0.250 e. The maximum absolute atomic E-state index is 13.4. The topological polar surface area (TPSA) is 118 Å². The van der Waals surface area contributed by atoms with Gasteiger partial charge in [0.25, 0.3) is 5.91 Å². The zero-order valence-corrected chi connectivity index (χ0v) is 24.2. The SMILES string of the molecule is CN[C@H](C)C(=O)NC1CCC(Nc2cc(-c3c4n(c5cc(C)ccc35)C(=O)CC(C)(C)C4)ccc2C(N)=O)CC1. The summed E-state index contributed by atoms with van der Waals surface area (Å²) < 4.78 is 1.91. The summed E-state index contributed by atoms with van der Waals surface area (Å²) in [5.41, 5.74) is 11.9. The number of rotatable bonds is 7. The monoisotopic (exact) mass is 543 g/mol. The lowest BCUT2D eigenvalue weighted by Crippen LogP contribution is -2.47. The molecule has 8 nitrogen and oxygen atoms in total. The Morgan fingerprint density at radius 1 is 1.02 bits per heavy atom. The van der Waals surface area contributed by atoms with E-state index in [0.717, 1.165) is 65.4 Å². The molecule has 1 saturated carbocycles. The third kappa shape index (κ3) is 5.37. The van der Waals surface area contributed by atoms with Gasteiger partial charge < -0.3 is 21.7 Å². The van der Waals surface area contributed by atoms with Gasteiger partial charge in [0.05, 0.1) is 17.1 Å². The first-order chi connectivity index (χ1) is 19.0. The lowest BCUT2D eigenvalue weighted by Gasteiger charge is -2.31. The number of hydrogen-bond donors (Lipinski definition) is 4. The van der Waals surface area contributed by atoms with Crippen LogP contribution in [0.5, 0.6) is 0 Å². The van der Waals surface area contributed by atoms with Gasteiger partial charge in [-0.05, 0) is 87.7 Å². The fourth-order valence-corrected chi connectivity index (χ4v) is 6.32. The average molecular weight is 544 g/mol. The van der Waals surface area contributed by atoms with Crippen LogP contribution in [0.1, 0.15) is 79.3 Å². The molecule has 0 unspecified atom stereocenters. The number of likely N-dealkylation sites (N-methyl/N-ethyl adjacent to an activating group) is 1. The van der Waals surface area contributed by atoms with Crippen molar-refractivity contribution in [3.8, 4) is 11.1 Å². The summed E-state index contributed by atoms with van der Waals surface area (Å²) in [6, 6.07) is 12.1. The number of nitrogens with zero attached hydrogens (tertiary/aromatic N) is 1. The number of carbonyl (C=O) groups is 3. The zero-order valence-electron chi connectivity index (χ0n) is 24.2. The summed E-state index contributed by atoms with van der Waals surface area (Å²) >= 11 is 0. The Balaban J connectivity index is 1.47. The second-order valence-corrected chi connectivity index (χ2v) is 12.4. The zero-order chi connectivity index (χ0) is 28.8. The van der Waals surface area contributed by atoms with Gasteiger partial charge in [-0.25, -0.2) is 0 Å². The Bertz CT molecular complexity index is 1480. The Morgan fingerprint density at radius 2 is 1.73 bits per heavy atom. The molecule has 1 aliphatic carbocycles. The molecule has 2 aliphatic rings. The van der Waals surface area contributed by atoms with Gasteiger partial charge in [0.15, 0.2) is 0 Å². The third-order valence-electron chi connectivity index (χ3n) is 8.58. The van der Waals surface area contributed by atoms with Crippen molar-refractivity contribution in [2.45, 2.75) is 84.3 Å². The molecule has 0 spiro atoms. The Hall–Kier alpha value is -3.65. The van der Waals surface area contributed by atoms with Gasteiger partial charge in [-0.3, -0.25) is 19.0 Å². The van der Waals surface area contributed by atoms with E-state index in [1.165, 1.54) is 0 Å². The molecule has 2 heterocycles. The molecule has 1 aliphatic heterocycles. The normalized spacial score (nSPS) is 21.1. The van der Waals surface area contributed by atoms with Crippen LogP contribution < -0.4 is 21.7 Å². The van der Waals surface area contributed by atoms with Crippen LogP contribution in [0.4, 0.5) is 5.69 Å². The largest absolute Gasteiger partial charge is 0.382 e. The summed E-state index contributed by atoms with van der Waals surface area (Å²) in [5.74, 6) is -0.345. The van der Waals surface area contributed by atoms with Gasteiger partial charge in [-0.1, -0.05) is 32.0 Å². The lowest BCUT2D eigenvalue weighted by atomic mass is 9.80. The van der Waals surface area contributed by atoms with E-state index in [1.807, 2.05) is 30.5 Å². The summed E-state index contributed by atoms with van der Waals surface area (Å²) in [4.78, 5) is 38.1. The first-order valence-electron chi connectivity index (χ1n) is 14.3. The van der Waals surface area contributed by atoms with Crippen LogP contribution in [-0.4, -0.2) is 47.5 Å². The molecule has 212 valence electrons. The number of primary amides is 1. The predicted molar refractivity (Wildman–Crippen MR) is 160 cm³/mol. The molecule has 0 saturated heterocycles. The molecule has 2 amide bonds. The second-order valence-electron chi connectivity index (χ2n) is 12.4. The number of aryl methyl sites for hydroxylation is 1. The van der Waals surface area contributed by atoms with E-state index in [-0.39, 0.29) is 35.4 Å². The minimum absolute atomic E-state index is 0.0163. The highest BCUT2D eigenvalue weighted by atomic mass is 16.2. The van der Waals surface area contributed by atoms with Crippen LogP contribution in [0.2, 0.25) is 0 Å². The van der Waals surface area contributed by atoms with Gasteiger partial charge in [-0.2, -0.15) is 0 Å². The Morgan fingerprint density at radius 3 is 2.40 bits per heavy atom. The number of carbonyl (C=O) groups excluding carboxylic acids is 3. The smallest absolute Gasteiger partial charge is 0.250 e. The molecule has 0 radical (unpaired) electrons. The number of anilines is 1. The van der Waals surface area contributed by atoms with E-state index in [9.17, 15) is 14.4 Å². The second kappa shape index (κ2) is 10.7. The van der Waals surface area contributed by atoms with Gasteiger partial charge in [-0.15, -0.1) is 0 Å². The van der Waals surface area contributed by atoms with Crippen molar-refractivity contribution in [3.63, 3.8) is 0 Å². The lowest BCUT2D eigenvalue weighted by molar-refractivity contribution is -0.123. The fraction of sp³-hybridized carbons (Fsp3) is 0.469. The predicted octanol–water partition coefficient (Wildman–Crippen LogP) is 4.78. The van der Waals surface area contributed by atoms with Crippen molar-refractivity contribution >= 4 is 34.3 Å². The minimum Gasteiger partial charge on any atom is -0.382 e. The van der Waals surface area contributed by atoms with Crippen molar-refractivity contribution in [1.29, 1.82) is 0 Å². The fourth-order valence-electron chi connectivity index (χ4n) is 6.32. The van der Waals surface area contributed by atoms with E-state index in [4.69, 9.17) is 5.73 Å². The van der Waals surface area contributed by atoms with Crippen LogP contribution in [-0.2, 0) is 11.2 Å². The van der Waals surface area contributed by atoms with Crippen LogP contribution >= 0.6 is 0 Å². The number of fused-ring (bicyclic) bond motifs is 3. The molecule has 2 aromatic carbocycles. The molecule has 1 atom stereocenters. The standard InChI is InChI=1S/C32H41N5O3/c1-18-6-12-24-26(14-18)37-27(16-32(3,4)17-28(37)38)29(24)20-7-13-23(30(33)39)25(15-20)35-21-8-10-22(11-9-21)36-31(40)19(2)34-5/h6-7,12-15,19,21-22,34-35H,8-11,16-17H2,1-5H3,(H2,33,39)(H,36,40)/t19-,21?,22?/m1/s1. The highest BCUT2D eigenvalue weighted by Gasteiger charge is 2.35. The molecule has 1 aromatic heterocycles. The van der Waals surface area contributed by atoms with Crippen LogP contribution in [0.15, 0.2) is 36.4 Å². The molecular weight excluding hydrogens is 502 g/mol. The quantitative estimate of drug-likeness (QED) is 0.342. The average Bonchev–Trinajstić information content (AvgIpc) is 3.21. The molecule has 8 heteroatoms. The van der Waals surface area contributed by atoms with Crippen molar-refractivity contribution in [3.05, 3.63) is 53.2 Å². The summed E-state index contributed by atoms with van der Waals surface area (Å²) in [7, 11) is 1.78. The highest BCUT2D eigenvalue weighted by Crippen LogP contribution is 2.43. The first-order valence-corrected chi connectivity index (χ1v) is 14.3. The molecule has 40 heavy (non-hydrogen) atoms. The van der Waals surface area contributed by atoms with Crippen molar-refractivity contribution in [2.24, 2.45) is 11.1 Å². The van der Waals surface area contributed by atoms with E-state index in [2.05, 4.69) is 48.0 Å². The Kier molecular flexibility index (Phi) is 7.48. The third-order valence-corrected chi connectivity index (χ3v) is 8.58. The molecule has 3 aromatic rings. The number of nitrogens with one attached hydrogen (secondary N) is 3. The first kappa shape index (κ1) is 27.9. The van der Waals surface area contributed by atoms with E-state index < -0.39 is 5.91 Å². The number of amides is 2. The minimum atomic E-state index is -0.480. The molecule has 0 bridgehead atoms. The molecular formula is C32H41N5O3. The van der Waals surface area contributed by atoms with Crippen LogP contribution in [0.25, 0.3) is 22.0 Å². The molecule has 1 fully saturated rings. The Labute approximate surface area is 236 Å². The maximum atomic E-state index is 13.4. The summed E-state index contributed by atoms with van der Waals surface area (Å²) in [5, 5.41) is 10.8. The van der Waals surface area contributed by atoms with Crippen molar-refractivity contribution < 1.29 is 14.4 Å². The van der Waals surface area contributed by atoms with Crippen LogP contribution in [0, 0.1) is 12.3 Å².